The molecule has 0 saturated heterocycles. The fourth-order valence-corrected chi connectivity index (χ4v) is 0.602. The summed E-state index contributed by atoms with van der Waals surface area (Å²) >= 11 is 0. The van der Waals surface area contributed by atoms with Crippen LogP contribution in [0, 0.1) is 0 Å². The minimum absolute atomic E-state index is 0. The Bertz CT molecular complexity index is 135. The average Bonchev–Trinajstić information content (AvgIpc) is 1.81. The summed E-state index contributed by atoms with van der Waals surface area (Å²) in [6.45, 7) is -1.15. The number of hydrogen-bond donors (Lipinski definition) is 4. The van der Waals surface area contributed by atoms with Crippen molar-refractivity contribution in [3.05, 3.63) is 0 Å². The molecule has 0 aromatic heterocycles. The van der Waals surface area contributed by atoms with Gasteiger partial charge in [0.25, 0.3) is 0 Å². The van der Waals surface area contributed by atoms with Gasteiger partial charge in [0.1, 0.15) is 6.10 Å². The molecule has 0 fully saturated rings. The van der Waals surface area contributed by atoms with Gasteiger partial charge in [0.05, 0.1) is 13.2 Å². The molecule has 0 aliphatic rings. The van der Waals surface area contributed by atoms with Crippen LogP contribution in [0.5, 0.6) is 0 Å². The van der Waals surface area contributed by atoms with Gasteiger partial charge in [-0.1, -0.05) is 0 Å². The van der Waals surface area contributed by atoms with Crippen LogP contribution in [0.4, 0.5) is 0 Å². The standard InChI is InChI=1S/C3H9O6P.Na.H2O.H/c4-1-3(5)2-9-10(6,7)8;;;/h3-5H,1-2H2,(H2,6,7,8);;1H2;. The SMILES string of the molecule is O.O=P(O)(O)OCC(O)CO.[NaH]. The molecular weight excluding hydrogens is 202 g/mol. The van der Waals surface area contributed by atoms with Gasteiger partial charge in [-0.15, -0.1) is 0 Å². The molecule has 0 rings (SSSR count). The molecule has 72 valence electrons. The molecule has 0 saturated carbocycles. The number of aliphatic hydroxyl groups excluding tert-OH is 2. The summed E-state index contributed by atoms with van der Waals surface area (Å²) in [7, 11) is -4.50. The summed E-state index contributed by atoms with van der Waals surface area (Å²) in [6.07, 6.45) is -1.24. The van der Waals surface area contributed by atoms with Crippen LogP contribution in [0.25, 0.3) is 0 Å². The van der Waals surface area contributed by atoms with Gasteiger partial charge in [0, 0.05) is 0 Å². The third-order valence-electron chi connectivity index (χ3n) is 0.646. The topological polar surface area (TPSA) is 139 Å². The summed E-state index contributed by atoms with van der Waals surface area (Å²) in [5, 5.41) is 16.7. The summed E-state index contributed by atoms with van der Waals surface area (Å²) < 4.78 is 13.8. The number of phosphoric acid groups is 1. The normalized spacial score (nSPS) is 12.7. The van der Waals surface area contributed by atoms with Crippen LogP contribution in [-0.2, 0) is 9.09 Å². The van der Waals surface area contributed by atoms with Crippen LogP contribution in [0.2, 0.25) is 0 Å². The average molecular weight is 214 g/mol. The summed E-state index contributed by atoms with van der Waals surface area (Å²) in [5.41, 5.74) is 0. The zero-order valence-corrected chi connectivity index (χ0v) is 6.44. The Morgan fingerprint density at radius 1 is 1.42 bits per heavy atom. The van der Waals surface area contributed by atoms with Crippen molar-refractivity contribution in [1.82, 2.24) is 0 Å². The van der Waals surface area contributed by atoms with Crippen molar-refractivity contribution < 1.29 is 34.6 Å². The van der Waals surface area contributed by atoms with Crippen molar-refractivity contribution in [1.29, 1.82) is 0 Å². The van der Waals surface area contributed by atoms with Crippen molar-refractivity contribution in [3.8, 4) is 0 Å². The van der Waals surface area contributed by atoms with E-state index >= 15 is 0 Å². The predicted octanol–water partition coefficient (Wildman–Crippen LogP) is -3.02. The molecule has 0 aromatic carbocycles. The van der Waals surface area contributed by atoms with E-state index in [1.807, 2.05) is 0 Å². The Kier molecular flexibility index (Phi) is 13.4. The van der Waals surface area contributed by atoms with E-state index in [0.717, 1.165) is 0 Å². The molecule has 0 radical (unpaired) electrons. The van der Waals surface area contributed by atoms with Gasteiger partial charge in [-0.25, -0.2) is 4.57 Å². The summed E-state index contributed by atoms with van der Waals surface area (Å²) in [4.78, 5) is 16.1. The maximum atomic E-state index is 9.93. The minimum atomic E-state index is -4.50. The first kappa shape index (κ1) is 18.7. The molecule has 6 N–H and O–H groups in total. The summed E-state index contributed by atoms with van der Waals surface area (Å²) in [6, 6.07) is 0. The van der Waals surface area contributed by atoms with Gasteiger partial charge in [0.2, 0.25) is 0 Å². The molecule has 7 nitrogen and oxygen atoms in total. The number of hydrogen-bond acceptors (Lipinski definition) is 4. The molecule has 0 heterocycles. The Morgan fingerprint density at radius 2 is 1.83 bits per heavy atom. The van der Waals surface area contributed by atoms with E-state index in [1.54, 1.807) is 0 Å². The van der Waals surface area contributed by atoms with Gasteiger partial charge >= 0.3 is 37.4 Å². The monoisotopic (exact) mass is 214 g/mol. The zero-order chi connectivity index (χ0) is 8.20. The molecule has 12 heavy (non-hydrogen) atoms. The molecule has 0 spiro atoms. The van der Waals surface area contributed by atoms with E-state index in [1.165, 1.54) is 0 Å². The van der Waals surface area contributed by atoms with Gasteiger partial charge < -0.3 is 25.5 Å². The van der Waals surface area contributed by atoms with Crippen LogP contribution in [0.15, 0.2) is 0 Å². The third kappa shape index (κ3) is 13.6. The molecule has 0 aliphatic carbocycles. The van der Waals surface area contributed by atoms with E-state index in [4.69, 9.17) is 20.0 Å². The van der Waals surface area contributed by atoms with Crippen molar-refractivity contribution >= 4 is 37.4 Å². The molecule has 0 amide bonds. The third-order valence-corrected chi connectivity index (χ3v) is 1.13. The first-order chi connectivity index (χ1) is 4.45. The Morgan fingerprint density at radius 3 is 2.08 bits per heavy atom. The molecule has 0 bridgehead atoms. The van der Waals surface area contributed by atoms with Crippen LogP contribution in [-0.4, -0.2) is 74.4 Å². The Labute approximate surface area is 91.2 Å². The zero-order valence-electron chi connectivity index (χ0n) is 5.54. The van der Waals surface area contributed by atoms with E-state index < -0.39 is 27.1 Å². The predicted molar refractivity (Wildman–Crippen MR) is 41.9 cm³/mol. The van der Waals surface area contributed by atoms with Gasteiger partial charge in [-0.3, -0.25) is 4.52 Å². The van der Waals surface area contributed by atoms with Crippen molar-refractivity contribution in [3.63, 3.8) is 0 Å². The quantitative estimate of drug-likeness (QED) is 0.290. The molecule has 9 heteroatoms. The van der Waals surface area contributed by atoms with Crippen molar-refractivity contribution in [2.45, 2.75) is 6.10 Å². The summed E-state index contributed by atoms with van der Waals surface area (Å²) in [5.74, 6) is 0. The molecule has 1 atom stereocenters. The number of rotatable bonds is 4. The van der Waals surface area contributed by atoms with Crippen molar-refractivity contribution in [2.24, 2.45) is 0 Å². The second-order valence-corrected chi connectivity index (χ2v) is 2.86. The first-order valence-corrected chi connectivity index (χ1v) is 3.98. The number of phosphoric ester groups is 1. The van der Waals surface area contributed by atoms with Crippen LogP contribution in [0.3, 0.4) is 0 Å². The first-order valence-electron chi connectivity index (χ1n) is 2.44. The molecule has 0 aromatic rings. The van der Waals surface area contributed by atoms with Gasteiger partial charge in [-0.2, -0.15) is 0 Å². The van der Waals surface area contributed by atoms with E-state index in [-0.39, 0.29) is 35.0 Å². The van der Waals surface area contributed by atoms with Crippen LogP contribution in [0.1, 0.15) is 0 Å². The molecule has 1 unspecified atom stereocenters. The van der Waals surface area contributed by atoms with Crippen LogP contribution >= 0.6 is 7.82 Å². The van der Waals surface area contributed by atoms with Crippen molar-refractivity contribution in [2.75, 3.05) is 13.2 Å². The maximum absolute atomic E-state index is 9.93. The van der Waals surface area contributed by atoms with E-state index in [2.05, 4.69) is 4.52 Å². The second-order valence-electron chi connectivity index (χ2n) is 1.62. The molecule has 0 aliphatic heterocycles. The fourth-order valence-electron chi connectivity index (χ4n) is 0.236. The molecular formula is C3H12NaO7P. The van der Waals surface area contributed by atoms with Gasteiger partial charge in [-0.05, 0) is 0 Å². The van der Waals surface area contributed by atoms with E-state index in [9.17, 15) is 4.57 Å². The Hall–Kier alpha value is 0.990. The van der Waals surface area contributed by atoms with Gasteiger partial charge in [0.15, 0.2) is 0 Å². The fraction of sp³-hybridized carbons (Fsp3) is 1.00. The van der Waals surface area contributed by atoms with E-state index in [0.29, 0.717) is 0 Å². The van der Waals surface area contributed by atoms with Crippen LogP contribution < -0.4 is 0 Å². The Balaban J connectivity index is -0.000000405. The number of aliphatic hydroxyl groups is 2. The second kappa shape index (κ2) is 8.58.